The zero-order valence-electron chi connectivity index (χ0n) is 14.7. The SMILES string of the molecule is O=C(O)c1ccc(C(=O)Nc2nc3ccccc3n2CCN2CCCC2)s1. The van der Waals surface area contributed by atoms with Gasteiger partial charge in [-0.2, -0.15) is 0 Å². The number of aromatic nitrogens is 2. The van der Waals surface area contributed by atoms with Crippen molar-refractivity contribution in [2.45, 2.75) is 19.4 Å². The molecule has 140 valence electrons. The largest absolute Gasteiger partial charge is 0.477 e. The van der Waals surface area contributed by atoms with E-state index in [0.29, 0.717) is 10.8 Å². The summed E-state index contributed by atoms with van der Waals surface area (Å²) in [6.45, 7) is 3.87. The third-order valence-electron chi connectivity index (χ3n) is 4.76. The Labute approximate surface area is 160 Å². The highest BCUT2D eigenvalue weighted by Gasteiger charge is 2.18. The molecule has 1 aliphatic heterocycles. The predicted octanol–water partition coefficient (Wildman–Crippen LogP) is 3.14. The van der Waals surface area contributed by atoms with E-state index in [1.165, 1.54) is 25.0 Å². The van der Waals surface area contributed by atoms with E-state index in [1.807, 2.05) is 28.8 Å². The molecule has 0 saturated carbocycles. The topological polar surface area (TPSA) is 87.5 Å². The van der Waals surface area contributed by atoms with Gasteiger partial charge in [-0.05, 0) is 50.2 Å². The standard InChI is InChI=1S/C19H20N4O3S/c24-17(15-7-8-16(27-15)18(25)26)21-19-20-13-5-1-2-6-14(13)23(19)12-11-22-9-3-4-10-22/h1-2,5-8H,3-4,9-12H2,(H,25,26)(H,20,21,24). The molecular formula is C19H20N4O3S. The lowest BCUT2D eigenvalue weighted by Gasteiger charge is -2.16. The summed E-state index contributed by atoms with van der Waals surface area (Å²) in [4.78, 5) is 31.1. The van der Waals surface area contributed by atoms with Gasteiger partial charge in [0.2, 0.25) is 5.95 Å². The van der Waals surface area contributed by atoms with Gasteiger partial charge in [0.1, 0.15) is 4.88 Å². The van der Waals surface area contributed by atoms with Crippen LogP contribution >= 0.6 is 11.3 Å². The summed E-state index contributed by atoms with van der Waals surface area (Å²) >= 11 is 0.958. The first-order valence-electron chi connectivity index (χ1n) is 8.94. The predicted molar refractivity (Wildman–Crippen MR) is 105 cm³/mol. The zero-order chi connectivity index (χ0) is 18.8. The number of imidazole rings is 1. The van der Waals surface area contributed by atoms with Crippen LogP contribution in [-0.2, 0) is 6.54 Å². The van der Waals surface area contributed by atoms with Crippen LogP contribution in [0.1, 0.15) is 32.2 Å². The molecule has 0 aliphatic carbocycles. The molecule has 0 atom stereocenters. The third kappa shape index (κ3) is 3.72. The zero-order valence-corrected chi connectivity index (χ0v) is 15.5. The highest BCUT2D eigenvalue weighted by molar-refractivity contribution is 7.15. The minimum absolute atomic E-state index is 0.141. The average molecular weight is 384 g/mol. The molecule has 2 aromatic heterocycles. The molecule has 1 aromatic carbocycles. The Kier molecular flexibility index (Phi) is 4.91. The summed E-state index contributed by atoms with van der Waals surface area (Å²) in [5, 5.41) is 11.9. The number of rotatable bonds is 6. The molecule has 2 N–H and O–H groups in total. The van der Waals surface area contributed by atoms with E-state index in [0.717, 1.165) is 48.5 Å². The van der Waals surface area contributed by atoms with Crippen LogP contribution < -0.4 is 5.32 Å². The molecule has 0 spiro atoms. The van der Waals surface area contributed by atoms with Gasteiger partial charge in [-0.15, -0.1) is 11.3 Å². The van der Waals surface area contributed by atoms with Crippen LogP contribution in [0.4, 0.5) is 5.95 Å². The fraction of sp³-hybridized carbons (Fsp3) is 0.316. The van der Waals surface area contributed by atoms with Crippen molar-refractivity contribution in [3.8, 4) is 0 Å². The van der Waals surface area contributed by atoms with E-state index >= 15 is 0 Å². The minimum atomic E-state index is -1.03. The number of carboxylic acids is 1. The van der Waals surface area contributed by atoms with Gasteiger partial charge in [-0.1, -0.05) is 12.1 Å². The second kappa shape index (κ2) is 7.50. The molecule has 1 fully saturated rings. The van der Waals surface area contributed by atoms with Gasteiger partial charge in [0.25, 0.3) is 5.91 Å². The number of benzene rings is 1. The van der Waals surface area contributed by atoms with Gasteiger partial charge in [0, 0.05) is 13.1 Å². The second-order valence-corrected chi connectivity index (χ2v) is 7.63. The molecule has 1 amide bonds. The number of para-hydroxylation sites is 2. The van der Waals surface area contributed by atoms with E-state index in [1.54, 1.807) is 0 Å². The van der Waals surface area contributed by atoms with Crippen molar-refractivity contribution >= 4 is 40.2 Å². The van der Waals surface area contributed by atoms with Gasteiger partial charge in [0.05, 0.1) is 15.9 Å². The van der Waals surface area contributed by atoms with E-state index in [-0.39, 0.29) is 10.8 Å². The quantitative estimate of drug-likeness (QED) is 0.682. The van der Waals surface area contributed by atoms with Crippen molar-refractivity contribution in [1.82, 2.24) is 14.5 Å². The number of hydrogen-bond acceptors (Lipinski definition) is 5. The first-order valence-corrected chi connectivity index (χ1v) is 9.75. The summed E-state index contributed by atoms with van der Waals surface area (Å²) in [7, 11) is 0. The molecule has 0 bridgehead atoms. The van der Waals surface area contributed by atoms with Crippen LogP contribution in [0.25, 0.3) is 11.0 Å². The van der Waals surface area contributed by atoms with E-state index in [4.69, 9.17) is 5.11 Å². The first-order chi connectivity index (χ1) is 13.1. The summed E-state index contributed by atoms with van der Waals surface area (Å²) < 4.78 is 2.03. The molecule has 8 heteroatoms. The second-order valence-electron chi connectivity index (χ2n) is 6.55. The van der Waals surface area contributed by atoms with Gasteiger partial charge in [0.15, 0.2) is 0 Å². The van der Waals surface area contributed by atoms with E-state index in [2.05, 4.69) is 15.2 Å². The smallest absolute Gasteiger partial charge is 0.345 e. The molecule has 3 heterocycles. The van der Waals surface area contributed by atoms with Crippen molar-refractivity contribution in [2.75, 3.05) is 25.0 Å². The highest BCUT2D eigenvalue weighted by Crippen LogP contribution is 2.22. The van der Waals surface area contributed by atoms with Gasteiger partial charge >= 0.3 is 5.97 Å². The lowest BCUT2D eigenvalue weighted by Crippen LogP contribution is -2.25. The Morgan fingerprint density at radius 3 is 2.56 bits per heavy atom. The molecule has 7 nitrogen and oxygen atoms in total. The third-order valence-corrected chi connectivity index (χ3v) is 5.83. The Morgan fingerprint density at radius 2 is 1.81 bits per heavy atom. The number of carboxylic acid groups (broad SMARTS) is 1. The lowest BCUT2D eigenvalue weighted by atomic mass is 10.3. The van der Waals surface area contributed by atoms with Crippen molar-refractivity contribution in [3.05, 3.63) is 46.2 Å². The molecule has 3 aromatic rings. The number of nitrogens with zero attached hydrogens (tertiary/aromatic N) is 3. The fourth-order valence-corrected chi connectivity index (χ4v) is 4.12. The number of nitrogens with one attached hydrogen (secondary N) is 1. The Hall–Kier alpha value is -2.71. The normalized spacial score (nSPS) is 14.7. The van der Waals surface area contributed by atoms with Crippen LogP contribution in [0.15, 0.2) is 36.4 Å². The Balaban J connectivity index is 1.58. The summed E-state index contributed by atoms with van der Waals surface area (Å²) in [6, 6.07) is 10.8. The minimum Gasteiger partial charge on any atom is -0.477 e. The van der Waals surface area contributed by atoms with Gasteiger partial charge < -0.3 is 14.6 Å². The van der Waals surface area contributed by atoms with E-state index < -0.39 is 5.97 Å². The number of likely N-dealkylation sites (tertiary alicyclic amines) is 1. The number of amides is 1. The van der Waals surface area contributed by atoms with Crippen molar-refractivity contribution < 1.29 is 14.7 Å². The molecule has 27 heavy (non-hydrogen) atoms. The van der Waals surface area contributed by atoms with Crippen LogP contribution in [0.2, 0.25) is 0 Å². The van der Waals surface area contributed by atoms with Crippen LogP contribution in [0.5, 0.6) is 0 Å². The Bertz CT molecular complexity index is 988. The number of hydrogen-bond donors (Lipinski definition) is 2. The maximum Gasteiger partial charge on any atom is 0.345 e. The van der Waals surface area contributed by atoms with Gasteiger partial charge in [-0.3, -0.25) is 10.1 Å². The number of carbonyl (C=O) groups is 2. The van der Waals surface area contributed by atoms with Gasteiger partial charge in [-0.25, -0.2) is 9.78 Å². The molecule has 0 unspecified atom stereocenters. The number of thiophene rings is 1. The fourth-order valence-electron chi connectivity index (χ4n) is 3.38. The number of anilines is 1. The maximum absolute atomic E-state index is 12.6. The van der Waals surface area contributed by atoms with Crippen molar-refractivity contribution in [3.63, 3.8) is 0 Å². The summed E-state index contributed by atoms with van der Waals surface area (Å²) in [5.41, 5.74) is 1.80. The average Bonchev–Trinajstić information content (AvgIpc) is 3.39. The molecule has 1 saturated heterocycles. The first kappa shape index (κ1) is 17.7. The molecule has 0 radical (unpaired) electrons. The summed E-state index contributed by atoms with van der Waals surface area (Å²) in [5.74, 6) is -0.882. The molecular weight excluding hydrogens is 364 g/mol. The maximum atomic E-state index is 12.6. The highest BCUT2D eigenvalue weighted by atomic mass is 32.1. The molecule has 4 rings (SSSR count). The van der Waals surface area contributed by atoms with Crippen LogP contribution in [0.3, 0.4) is 0 Å². The monoisotopic (exact) mass is 384 g/mol. The summed E-state index contributed by atoms with van der Waals surface area (Å²) in [6.07, 6.45) is 2.47. The Morgan fingerprint density at radius 1 is 1.07 bits per heavy atom. The van der Waals surface area contributed by atoms with Crippen molar-refractivity contribution in [1.29, 1.82) is 0 Å². The molecule has 1 aliphatic rings. The van der Waals surface area contributed by atoms with Crippen LogP contribution in [0, 0.1) is 0 Å². The van der Waals surface area contributed by atoms with Crippen LogP contribution in [-0.4, -0.2) is 51.1 Å². The number of aromatic carboxylic acids is 1. The number of carbonyl (C=O) groups excluding carboxylic acids is 1. The van der Waals surface area contributed by atoms with E-state index in [9.17, 15) is 9.59 Å². The lowest BCUT2D eigenvalue weighted by molar-refractivity contribution is 0.0702. The number of fused-ring (bicyclic) bond motifs is 1. The van der Waals surface area contributed by atoms with Crippen molar-refractivity contribution in [2.24, 2.45) is 0 Å².